The highest BCUT2D eigenvalue weighted by Crippen LogP contribution is 2.28. The number of piperidine rings is 1. The largest absolute Gasteiger partial charge is 0.451 e. The van der Waals surface area contributed by atoms with E-state index in [1.807, 2.05) is 30.0 Å². The van der Waals surface area contributed by atoms with Crippen LogP contribution >= 0.6 is 15.9 Å². The summed E-state index contributed by atoms with van der Waals surface area (Å²) in [7, 11) is 0. The second-order valence-corrected chi connectivity index (χ2v) is 8.00. The van der Waals surface area contributed by atoms with Crippen molar-refractivity contribution in [1.29, 1.82) is 0 Å². The number of fused-ring (bicyclic) bond motifs is 1. The Labute approximate surface area is 171 Å². The number of rotatable bonds is 3. The Morgan fingerprint density at radius 3 is 2.64 bits per heavy atom. The number of amides is 2. The smallest absolute Gasteiger partial charge is 0.291 e. The summed E-state index contributed by atoms with van der Waals surface area (Å²) in [4.78, 5) is 27.3. The van der Waals surface area contributed by atoms with Crippen LogP contribution in [0.2, 0.25) is 0 Å². The molecule has 6 heteroatoms. The van der Waals surface area contributed by atoms with E-state index >= 15 is 0 Å². The standard InChI is InChI=1S/C22H21BrN2O3/c1-14-18-13-16(23)8-9-19(18)28-20(14)21(26)24-17-7-5-6-15(12-17)22(27)25-10-3-2-4-11-25/h5-9,12-13H,2-4,10-11H2,1H3,(H,24,26). The third kappa shape index (κ3) is 3.69. The highest BCUT2D eigenvalue weighted by molar-refractivity contribution is 9.10. The Bertz CT molecular complexity index is 1050. The minimum Gasteiger partial charge on any atom is -0.451 e. The third-order valence-electron chi connectivity index (χ3n) is 5.12. The summed E-state index contributed by atoms with van der Waals surface area (Å²) < 4.78 is 6.68. The number of aryl methyl sites for hydroxylation is 1. The lowest BCUT2D eigenvalue weighted by molar-refractivity contribution is 0.0724. The van der Waals surface area contributed by atoms with Gasteiger partial charge in [0.15, 0.2) is 5.76 Å². The first kappa shape index (κ1) is 18.7. The van der Waals surface area contributed by atoms with Gasteiger partial charge in [-0.3, -0.25) is 9.59 Å². The molecule has 2 heterocycles. The molecular formula is C22H21BrN2O3. The van der Waals surface area contributed by atoms with Gasteiger partial charge in [0.1, 0.15) is 5.58 Å². The lowest BCUT2D eigenvalue weighted by Gasteiger charge is -2.26. The van der Waals surface area contributed by atoms with Gasteiger partial charge in [-0.1, -0.05) is 22.0 Å². The van der Waals surface area contributed by atoms with Crippen LogP contribution in [0.15, 0.2) is 51.4 Å². The normalized spacial score (nSPS) is 14.3. The van der Waals surface area contributed by atoms with Gasteiger partial charge in [-0.25, -0.2) is 0 Å². The van der Waals surface area contributed by atoms with Crippen molar-refractivity contribution in [3.63, 3.8) is 0 Å². The molecule has 2 amide bonds. The molecule has 4 rings (SSSR count). The van der Waals surface area contributed by atoms with Gasteiger partial charge in [-0.15, -0.1) is 0 Å². The summed E-state index contributed by atoms with van der Waals surface area (Å²) in [6, 6.07) is 12.7. The van der Waals surface area contributed by atoms with Gasteiger partial charge in [0.25, 0.3) is 11.8 Å². The first-order chi connectivity index (χ1) is 13.5. The van der Waals surface area contributed by atoms with E-state index in [1.54, 1.807) is 24.3 Å². The first-order valence-electron chi connectivity index (χ1n) is 9.42. The van der Waals surface area contributed by atoms with E-state index in [0.717, 1.165) is 41.4 Å². The molecule has 0 unspecified atom stereocenters. The van der Waals surface area contributed by atoms with Gasteiger partial charge >= 0.3 is 0 Å². The fraction of sp³-hybridized carbons (Fsp3) is 0.273. The van der Waals surface area contributed by atoms with Gasteiger partial charge in [0.2, 0.25) is 0 Å². The average molecular weight is 441 g/mol. The molecule has 0 radical (unpaired) electrons. The average Bonchev–Trinajstić information content (AvgIpc) is 3.04. The molecule has 144 valence electrons. The lowest BCUT2D eigenvalue weighted by Crippen LogP contribution is -2.35. The molecule has 1 aliphatic heterocycles. The number of nitrogens with one attached hydrogen (secondary N) is 1. The van der Waals surface area contributed by atoms with Gasteiger partial charge in [-0.2, -0.15) is 0 Å². The van der Waals surface area contributed by atoms with Crippen molar-refractivity contribution < 1.29 is 14.0 Å². The molecule has 2 aromatic carbocycles. The molecule has 1 fully saturated rings. The summed E-state index contributed by atoms with van der Waals surface area (Å²) in [5, 5.41) is 3.75. The van der Waals surface area contributed by atoms with E-state index in [9.17, 15) is 9.59 Å². The number of halogens is 1. The lowest BCUT2D eigenvalue weighted by atomic mass is 10.1. The molecule has 3 aromatic rings. The summed E-state index contributed by atoms with van der Waals surface area (Å²) in [6.07, 6.45) is 3.26. The topological polar surface area (TPSA) is 62.6 Å². The summed E-state index contributed by atoms with van der Waals surface area (Å²) in [5.74, 6) is -0.0335. The number of carbonyl (C=O) groups excluding carboxylic acids is 2. The van der Waals surface area contributed by atoms with Crippen LogP contribution in [0.25, 0.3) is 11.0 Å². The number of hydrogen-bond donors (Lipinski definition) is 1. The first-order valence-corrected chi connectivity index (χ1v) is 10.2. The van der Waals surface area contributed by atoms with Crippen molar-refractivity contribution in [2.75, 3.05) is 18.4 Å². The van der Waals surface area contributed by atoms with Gasteiger partial charge in [0, 0.05) is 39.8 Å². The number of hydrogen-bond acceptors (Lipinski definition) is 3. The molecule has 1 N–H and O–H groups in total. The van der Waals surface area contributed by atoms with Crippen LogP contribution in [0, 0.1) is 6.92 Å². The molecule has 0 bridgehead atoms. The number of furan rings is 1. The predicted molar refractivity (Wildman–Crippen MR) is 113 cm³/mol. The number of anilines is 1. The predicted octanol–water partition coefficient (Wildman–Crippen LogP) is 5.38. The Balaban J connectivity index is 1.55. The fourth-order valence-electron chi connectivity index (χ4n) is 3.61. The Kier molecular flexibility index (Phi) is 5.22. The molecule has 1 aromatic heterocycles. The molecule has 1 saturated heterocycles. The zero-order valence-electron chi connectivity index (χ0n) is 15.6. The molecule has 0 aliphatic carbocycles. The highest BCUT2D eigenvalue weighted by atomic mass is 79.9. The molecular weight excluding hydrogens is 420 g/mol. The molecule has 28 heavy (non-hydrogen) atoms. The fourth-order valence-corrected chi connectivity index (χ4v) is 3.97. The summed E-state index contributed by atoms with van der Waals surface area (Å²) in [5.41, 5.74) is 2.62. The summed E-state index contributed by atoms with van der Waals surface area (Å²) in [6.45, 7) is 3.45. The van der Waals surface area contributed by atoms with Crippen molar-refractivity contribution in [1.82, 2.24) is 4.90 Å². The van der Waals surface area contributed by atoms with Crippen LogP contribution < -0.4 is 5.32 Å². The van der Waals surface area contributed by atoms with Crippen LogP contribution in [-0.4, -0.2) is 29.8 Å². The van der Waals surface area contributed by atoms with Crippen LogP contribution in [0.4, 0.5) is 5.69 Å². The number of nitrogens with zero attached hydrogens (tertiary/aromatic N) is 1. The van der Waals surface area contributed by atoms with Gasteiger partial charge in [0.05, 0.1) is 0 Å². The Morgan fingerprint density at radius 1 is 1.07 bits per heavy atom. The molecule has 0 spiro atoms. The third-order valence-corrected chi connectivity index (χ3v) is 5.61. The van der Waals surface area contributed by atoms with Crippen LogP contribution in [0.3, 0.4) is 0 Å². The molecule has 1 aliphatic rings. The zero-order chi connectivity index (χ0) is 19.7. The maximum atomic E-state index is 12.8. The van der Waals surface area contributed by atoms with Gasteiger partial charge in [-0.05, 0) is 62.6 Å². The highest BCUT2D eigenvalue weighted by Gasteiger charge is 2.20. The number of carbonyl (C=O) groups is 2. The minimum atomic E-state index is -0.326. The monoisotopic (exact) mass is 440 g/mol. The van der Waals surface area contributed by atoms with E-state index in [1.165, 1.54) is 6.42 Å². The number of likely N-dealkylation sites (tertiary alicyclic amines) is 1. The Morgan fingerprint density at radius 2 is 1.86 bits per heavy atom. The maximum absolute atomic E-state index is 12.8. The molecule has 0 saturated carbocycles. The molecule has 0 atom stereocenters. The SMILES string of the molecule is Cc1c(C(=O)Nc2cccc(C(=O)N3CCCCC3)c2)oc2ccc(Br)cc12. The van der Waals surface area contributed by atoms with Crippen molar-refractivity contribution in [2.24, 2.45) is 0 Å². The van der Waals surface area contributed by atoms with E-state index < -0.39 is 0 Å². The number of benzene rings is 2. The van der Waals surface area contributed by atoms with Crippen LogP contribution in [-0.2, 0) is 0 Å². The molecule has 5 nitrogen and oxygen atoms in total. The van der Waals surface area contributed by atoms with Crippen LogP contribution in [0.5, 0.6) is 0 Å². The maximum Gasteiger partial charge on any atom is 0.291 e. The second-order valence-electron chi connectivity index (χ2n) is 7.08. The summed E-state index contributed by atoms with van der Waals surface area (Å²) >= 11 is 3.44. The van der Waals surface area contributed by atoms with E-state index in [2.05, 4.69) is 21.2 Å². The quantitative estimate of drug-likeness (QED) is 0.594. The van der Waals surface area contributed by atoms with E-state index in [4.69, 9.17) is 4.42 Å². The van der Waals surface area contributed by atoms with E-state index in [0.29, 0.717) is 16.8 Å². The zero-order valence-corrected chi connectivity index (χ0v) is 17.2. The Hall–Kier alpha value is -2.60. The minimum absolute atomic E-state index is 0.0144. The van der Waals surface area contributed by atoms with Crippen molar-refractivity contribution in [2.45, 2.75) is 26.2 Å². The van der Waals surface area contributed by atoms with Crippen molar-refractivity contribution in [3.8, 4) is 0 Å². The van der Waals surface area contributed by atoms with Gasteiger partial charge < -0.3 is 14.6 Å². The van der Waals surface area contributed by atoms with E-state index in [-0.39, 0.29) is 17.6 Å². The van der Waals surface area contributed by atoms with Crippen molar-refractivity contribution >= 4 is 44.4 Å². The van der Waals surface area contributed by atoms with Crippen LogP contribution in [0.1, 0.15) is 45.7 Å². The van der Waals surface area contributed by atoms with Crippen molar-refractivity contribution in [3.05, 3.63) is 63.8 Å². The second kappa shape index (κ2) is 7.80.